The highest BCUT2D eigenvalue weighted by Crippen LogP contribution is 2.35. The Balaban J connectivity index is 0.00000272. The third-order valence-corrected chi connectivity index (χ3v) is 5.06. The number of benzene rings is 3. The lowest BCUT2D eigenvalue weighted by molar-refractivity contribution is 0.0892. The number of amidine groups is 1. The third kappa shape index (κ3) is 4.72. The van der Waals surface area contributed by atoms with Crippen LogP contribution in [0.2, 0.25) is 0 Å². The van der Waals surface area contributed by atoms with Gasteiger partial charge in [-0.25, -0.2) is 4.79 Å². The Morgan fingerprint density at radius 2 is 1.74 bits per heavy atom. The van der Waals surface area contributed by atoms with Crippen LogP contribution < -0.4 is 10.2 Å². The monoisotopic (exact) mass is 481 g/mol. The predicted molar refractivity (Wildman–Crippen MR) is 126 cm³/mol. The Morgan fingerprint density at radius 3 is 2.42 bits per heavy atom. The molecule has 160 valence electrons. The number of para-hydroxylation sites is 1. The predicted octanol–water partition coefficient (Wildman–Crippen LogP) is 5.82. The van der Waals surface area contributed by atoms with Crippen LogP contribution in [-0.4, -0.2) is 16.9 Å². The van der Waals surface area contributed by atoms with Crippen LogP contribution in [0.5, 0.6) is 5.75 Å². The number of hydrogen-bond donors (Lipinski definition) is 2. The smallest absolute Gasteiger partial charge is 0.436 e. The van der Waals surface area contributed by atoms with Crippen LogP contribution >= 0.6 is 17.0 Å². The second kappa shape index (κ2) is 9.22. The number of halogens is 1. The van der Waals surface area contributed by atoms with E-state index in [-0.39, 0.29) is 22.8 Å². The number of rotatable bonds is 6. The average molecular weight is 482 g/mol. The normalized spacial score (nSPS) is 17.7. The van der Waals surface area contributed by atoms with E-state index in [1.807, 2.05) is 79.7 Å². The fraction of sp³-hybridized carbons (Fsp3) is 0.167. The number of carbonyl (C=O) groups is 1. The molecule has 3 aromatic rings. The molecule has 1 saturated heterocycles. The maximum absolute atomic E-state index is 12.4. The highest BCUT2D eigenvalue weighted by atomic mass is 79.9. The molecule has 6 nitrogen and oxygen atoms in total. The largest absolute Gasteiger partial charge is 0.489 e. The van der Waals surface area contributed by atoms with Crippen LogP contribution in [0, 0.1) is 12.3 Å². The lowest BCUT2D eigenvalue weighted by Crippen LogP contribution is -2.39. The number of aryl methyl sites for hydroxylation is 1. The SMILES string of the molecule is Br.Cc1cccc(COc2ccc(C3(C)OC(=O)N(Nc4ccccc4)C3=N)cc2)c1. The lowest BCUT2D eigenvalue weighted by Gasteiger charge is -2.23. The van der Waals surface area contributed by atoms with Crippen molar-refractivity contribution in [2.24, 2.45) is 0 Å². The number of cyclic esters (lactones) is 1. The highest BCUT2D eigenvalue weighted by molar-refractivity contribution is 8.93. The third-order valence-electron chi connectivity index (χ3n) is 5.06. The summed E-state index contributed by atoms with van der Waals surface area (Å²) in [6.45, 7) is 4.23. The van der Waals surface area contributed by atoms with Gasteiger partial charge in [-0.1, -0.05) is 60.2 Å². The van der Waals surface area contributed by atoms with Crippen molar-refractivity contribution in [1.82, 2.24) is 5.01 Å². The van der Waals surface area contributed by atoms with Gasteiger partial charge in [-0.2, -0.15) is 5.01 Å². The molecule has 0 radical (unpaired) electrons. The molecule has 0 aromatic heterocycles. The maximum Gasteiger partial charge on any atom is 0.436 e. The van der Waals surface area contributed by atoms with Crippen molar-refractivity contribution in [2.75, 3.05) is 5.43 Å². The molecule has 1 atom stereocenters. The molecule has 0 saturated carbocycles. The molecular weight excluding hydrogens is 458 g/mol. The first-order valence-corrected chi connectivity index (χ1v) is 9.68. The zero-order chi connectivity index (χ0) is 21.1. The van der Waals surface area contributed by atoms with Gasteiger partial charge in [0.25, 0.3) is 0 Å². The molecule has 4 rings (SSSR count). The van der Waals surface area contributed by atoms with E-state index in [1.54, 1.807) is 6.92 Å². The van der Waals surface area contributed by atoms with Gasteiger partial charge in [-0.15, -0.1) is 17.0 Å². The first-order valence-electron chi connectivity index (χ1n) is 9.68. The number of carbonyl (C=O) groups excluding carboxylic acids is 1. The fourth-order valence-electron chi connectivity index (χ4n) is 3.35. The molecule has 0 spiro atoms. The van der Waals surface area contributed by atoms with Crippen molar-refractivity contribution in [3.8, 4) is 5.75 Å². The molecule has 3 aromatic carbocycles. The second-order valence-corrected chi connectivity index (χ2v) is 7.37. The summed E-state index contributed by atoms with van der Waals surface area (Å²) in [6.07, 6.45) is -0.619. The first kappa shape index (κ1) is 22.4. The average Bonchev–Trinajstić information content (AvgIpc) is 2.97. The van der Waals surface area contributed by atoms with E-state index in [1.165, 1.54) is 5.56 Å². The minimum atomic E-state index is -1.19. The molecule has 1 unspecified atom stereocenters. The quantitative estimate of drug-likeness (QED) is 0.464. The summed E-state index contributed by atoms with van der Waals surface area (Å²) < 4.78 is 11.4. The van der Waals surface area contributed by atoms with E-state index >= 15 is 0 Å². The van der Waals surface area contributed by atoms with Gasteiger partial charge in [0.1, 0.15) is 12.4 Å². The molecule has 1 fully saturated rings. The van der Waals surface area contributed by atoms with E-state index in [9.17, 15) is 4.79 Å². The molecule has 1 aliphatic heterocycles. The number of hydrazine groups is 1. The minimum absolute atomic E-state index is 0. The van der Waals surface area contributed by atoms with Crippen LogP contribution in [0.1, 0.15) is 23.6 Å². The number of anilines is 1. The van der Waals surface area contributed by atoms with Crippen molar-refractivity contribution in [3.63, 3.8) is 0 Å². The van der Waals surface area contributed by atoms with Crippen LogP contribution in [0.15, 0.2) is 78.9 Å². The Hall–Kier alpha value is -3.32. The standard InChI is InChI=1S/C24H23N3O3.BrH/c1-17-7-6-8-18(15-17)16-29-21-13-11-19(12-14-21)24(2)22(25)27(23(28)30-24)26-20-9-4-3-5-10-20;/h3-15,25-26H,16H2,1-2H3;1H. The number of ether oxygens (including phenoxy) is 2. The molecule has 7 heteroatoms. The van der Waals surface area contributed by atoms with Gasteiger partial charge in [0, 0.05) is 5.56 Å². The Morgan fingerprint density at radius 1 is 1.03 bits per heavy atom. The van der Waals surface area contributed by atoms with Gasteiger partial charge >= 0.3 is 6.09 Å². The van der Waals surface area contributed by atoms with E-state index in [4.69, 9.17) is 14.9 Å². The zero-order valence-corrected chi connectivity index (χ0v) is 19.0. The topological polar surface area (TPSA) is 74.7 Å². The molecule has 0 bridgehead atoms. The van der Waals surface area contributed by atoms with Crippen molar-refractivity contribution >= 4 is 34.6 Å². The van der Waals surface area contributed by atoms with Crippen LogP contribution in [-0.2, 0) is 16.9 Å². The number of nitrogens with zero attached hydrogens (tertiary/aromatic N) is 1. The summed E-state index contributed by atoms with van der Waals surface area (Å²) >= 11 is 0. The first-order chi connectivity index (χ1) is 14.5. The Bertz CT molecular complexity index is 1070. The molecule has 2 N–H and O–H groups in total. The van der Waals surface area contributed by atoms with E-state index in [2.05, 4.69) is 11.5 Å². The Labute approximate surface area is 192 Å². The van der Waals surface area contributed by atoms with Crippen molar-refractivity contribution < 1.29 is 14.3 Å². The van der Waals surface area contributed by atoms with E-state index in [0.717, 1.165) is 10.6 Å². The van der Waals surface area contributed by atoms with Gasteiger partial charge < -0.3 is 9.47 Å². The summed E-state index contributed by atoms with van der Waals surface area (Å²) in [5.41, 5.74) is 5.42. The van der Waals surface area contributed by atoms with Gasteiger partial charge in [0.2, 0.25) is 0 Å². The van der Waals surface area contributed by atoms with E-state index in [0.29, 0.717) is 23.6 Å². The number of hydrogen-bond acceptors (Lipinski definition) is 5. The Kier molecular flexibility index (Phi) is 6.65. The molecule has 0 aliphatic carbocycles. The van der Waals surface area contributed by atoms with Gasteiger partial charge in [-0.05, 0) is 43.7 Å². The lowest BCUT2D eigenvalue weighted by atomic mass is 9.95. The fourth-order valence-corrected chi connectivity index (χ4v) is 3.35. The highest BCUT2D eigenvalue weighted by Gasteiger charge is 2.49. The molecule has 1 amide bonds. The van der Waals surface area contributed by atoms with Crippen LogP contribution in [0.25, 0.3) is 0 Å². The zero-order valence-electron chi connectivity index (χ0n) is 17.3. The summed E-state index contributed by atoms with van der Waals surface area (Å²) in [4.78, 5) is 12.4. The second-order valence-electron chi connectivity index (χ2n) is 7.37. The van der Waals surface area contributed by atoms with Gasteiger partial charge in [0.15, 0.2) is 11.4 Å². The van der Waals surface area contributed by atoms with Gasteiger partial charge in [0.05, 0.1) is 5.69 Å². The maximum atomic E-state index is 12.4. The molecule has 1 aliphatic rings. The summed E-state index contributed by atoms with van der Waals surface area (Å²) in [5, 5.41) is 9.65. The van der Waals surface area contributed by atoms with Crippen molar-refractivity contribution in [1.29, 1.82) is 5.41 Å². The summed E-state index contributed by atoms with van der Waals surface area (Å²) in [6, 6.07) is 24.7. The van der Waals surface area contributed by atoms with Crippen LogP contribution in [0.3, 0.4) is 0 Å². The summed E-state index contributed by atoms with van der Waals surface area (Å²) in [5.74, 6) is 0.726. The molecule has 31 heavy (non-hydrogen) atoms. The summed E-state index contributed by atoms with van der Waals surface area (Å²) in [7, 11) is 0. The number of nitrogens with one attached hydrogen (secondary N) is 2. The number of amides is 1. The van der Waals surface area contributed by atoms with Crippen LogP contribution in [0.4, 0.5) is 10.5 Å². The van der Waals surface area contributed by atoms with Crippen molar-refractivity contribution in [2.45, 2.75) is 26.1 Å². The minimum Gasteiger partial charge on any atom is -0.489 e. The van der Waals surface area contributed by atoms with Gasteiger partial charge in [-0.3, -0.25) is 10.8 Å². The molecular formula is C24H24BrN3O3. The van der Waals surface area contributed by atoms with E-state index < -0.39 is 11.7 Å². The van der Waals surface area contributed by atoms with Crippen molar-refractivity contribution in [3.05, 3.63) is 95.6 Å². The molecule has 1 heterocycles.